The molecule has 0 aliphatic heterocycles. The number of fused-ring (bicyclic) bond motifs is 1. The van der Waals surface area contributed by atoms with Crippen LogP contribution in [0.25, 0.3) is 21.3 Å². The van der Waals surface area contributed by atoms with Crippen LogP contribution in [0, 0.1) is 6.92 Å². The number of aryl methyl sites for hydroxylation is 2. The average molecular weight is 418 g/mol. The highest BCUT2D eigenvalue weighted by Gasteiger charge is 2.21. The first-order chi connectivity index (χ1) is 14.5. The third-order valence-corrected chi connectivity index (χ3v) is 6.28. The van der Waals surface area contributed by atoms with Gasteiger partial charge in [-0.15, -0.1) is 11.3 Å². The number of anilines is 1. The standard InChI is InChI=1S/C24H23N3O2S/c1-4-17-12-8-9-15(2)21(17)26-22(28)16(3)27-14-25-23-20(24(27)29)19(13-30-23)18-10-6-5-7-11-18/h5-14,16H,4H2,1-3H3,(H,26,28)/t16-/m1/s1. The van der Waals surface area contributed by atoms with E-state index in [1.807, 2.05) is 60.8 Å². The third-order valence-electron chi connectivity index (χ3n) is 5.39. The van der Waals surface area contributed by atoms with Crippen LogP contribution >= 0.6 is 11.3 Å². The second kappa shape index (κ2) is 8.24. The molecule has 0 saturated heterocycles. The van der Waals surface area contributed by atoms with Crippen molar-refractivity contribution in [3.8, 4) is 11.1 Å². The number of rotatable bonds is 5. The van der Waals surface area contributed by atoms with Crippen molar-refractivity contribution in [3.63, 3.8) is 0 Å². The third kappa shape index (κ3) is 3.55. The predicted molar refractivity (Wildman–Crippen MR) is 123 cm³/mol. The number of hydrogen-bond acceptors (Lipinski definition) is 4. The molecule has 152 valence electrons. The first-order valence-electron chi connectivity index (χ1n) is 9.94. The fraction of sp³-hybridized carbons (Fsp3) is 0.208. The number of hydrogen-bond donors (Lipinski definition) is 1. The molecule has 4 rings (SSSR count). The number of para-hydroxylation sites is 1. The molecule has 0 unspecified atom stereocenters. The number of carbonyl (C=O) groups excluding carboxylic acids is 1. The van der Waals surface area contributed by atoms with E-state index in [1.165, 1.54) is 22.2 Å². The number of nitrogens with zero attached hydrogens (tertiary/aromatic N) is 2. The Balaban J connectivity index is 1.72. The lowest BCUT2D eigenvalue weighted by Crippen LogP contribution is -2.32. The van der Waals surface area contributed by atoms with E-state index >= 15 is 0 Å². The summed E-state index contributed by atoms with van der Waals surface area (Å²) in [4.78, 5) is 31.5. The summed E-state index contributed by atoms with van der Waals surface area (Å²) in [5, 5.41) is 5.52. The molecule has 0 fully saturated rings. The van der Waals surface area contributed by atoms with Crippen molar-refractivity contribution in [1.82, 2.24) is 9.55 Å². The number of thiophene rings is 1. The smallest absolute Gasteiger partial charge is 0.263 e. The molecule has 2 aromatic heterocycles. The van der Waals surface area contributed by atoms with Gasteiger partial charge in [-0.3, -0.25) is 14.2 Å². The van der Waals surface area contributed by atoms with E-state index in [0.29, 0.717) is 10.2 Å². The number of aromatic nitrogens is 2. The van der Waals surface area contributed by atoms with Crippen molar-refractivity contribution in [1.29, 1.82) is 0 Å². The minimum absolute atomic E-state index is 0.205. The van der Waals surface area contributed by atoms with Crippen LogP contribution in [0.2, 0.25) is 0 Å². The molecule has 2 heterocycles. The summed E-state index contributed by atoms with van der Waals surface area (Å²) < 4.78 is 1.42. The summed E-state index contributed by atoms with van der Waals surface area (Å²) in [6, 6.07) is 15.0. The molecule has 1 N–H and O–H groups in total. The largest absolute Gasteiger partial charge is 0.324 e. The number of benzene rings is 2. The van der Waals surface area contributed by atoms with Gasteiger partial charge in [0.15, 0.2) is 0 Å². The Hall–Kier alpha value is -3.25. The van der Waals surface area contributed by atoms with Gasteiger partial charge in [-0.25, -0.2) is 4.98 Å². The molecular weight excluding hydrogens is 394 g/mol. The Morgan fingerprint density at radius 2 is 1.93 bits per heavy atom. The number of carbonyl (C=O) groups is 1. The number of amides is 1. The molecule has 0 aliphatic carbocycles. The zero-order chi connectivity index (χ0) is 21.3. The molecule has 0 aliphatic rings. The van der Waals surface area contributed by atoms with Gasteiger partial charge < -0.3 is 5.32 Å². The van der Waals surface area contributed by atoms with Crippen molar-refractivity contribution in [3.05, 3.63) is 81.7 Å². The van der Waals surface area contributed by atoms with E-state index in [4.69, 9.17) is 0 Å². The number of nitrogens with one attached hydrogen (secondary N) is 1. The maximum absolute atomic E-state index is 13.3. The highest BCUT2D eigenvalue weighted by molar-refractivity contribution is 7.17. The van der Waals surface area contributed by atoms with Gasteiger partial charge in [-0.05, 0) is 37.0 Å². The van der Waals surface area contributed by atoms with Crippen molar-refractivity contribution >= 4 is 33.1 Å². The second-order valence-electron chi connectivity index (χ2n) is 7.28. The first-order valence-corrected chi connectivity index (χ1v) is 10.8. The molecule has 1 amide bonds. The highest BCUT2D eigenvalue weighted by Crippen LogP contribution is 2.30. The molecule has 4 aromatic rings. The zero-order valence-corrected chi connectivity index (χ0v) is 18.0. The van der Waals surface area contributed by atoms with Crippen LogP contribution in [0.15, 0.2) is 65.0 Å². The molecule has 30 heavy (non-hydrogen) atoms. The molecular formula is C24H23N3O2S. The van der Waals surface area contributed by atoms with Crippen LogP contribution in [0.3, 0.4) is 0 Å². The van der Waals surface area contributed by atoms with Gasteiger partial charge >= 0.3 is 0 Å². The van der Waals surface area contributed by atoms with Gasteiger partial charge in [-0.2, -0.15) is 0 Å². The van der Waals surface area contributed by atoms with Crippen molar-refractivity contribution in [2.75, 3.05) is 5.32 Å². The van der Waals surface area contributed by atoms with Crippen molar-refractivity contribution in [2.24, 2.45) is 0 Å². The topological polar surface area (TPSA) is 64.0 Å². The molecule has 0 saturated carbocycles. The van der Waals surface area contributed by atoms with Gasteiger partial charge in [0.05, 0.1) is 11.7 Å². The van der Waals surface area contributed by atoms with Gasteiger partial charge in [0.25, 0.3) is 5.56 Å². The minimum Gasteiger partial charge on any atom is -0.324 e. The Kier molecular flexibility index (Phi) is 5.50. The van der Waals surface area contributed by atoms with E-state index in [-0.39, 0.29) is 11.5 Å². The molecule has 0 spiro atoms. The molecule has 0 radical (unpaired) electrons. The lowest BCUT2D eigenvalue weighted by molar-refractivity contribution is -0.118. The minimum atomic E-state index is -0.692. The monoisotopic (exact) mass is 417 g/mol. The van der Waals surface area contributed by atoms with Crippen LogP contribution in [0.1, 0.15) is 31.0 Å². The average Bonchev–Trinajstić information content (AvgIpc) is 3.20. The molecule has 6 heteroatoms. The summed E-state index contributed by atoms with van der Waals surface area (Å²) in [5.74, 6) is -0.237. The van der Waals surface area contributed by atoms with Crippen LogP contribution in [-0.2, 0) is 11.2 Å². The Morgan fingerprint density at radius 3 is 2.67 bits per heavy atom. The Bertz CT molecular complexity index is 1270. The summed E-state index contributed by atoms with van der Waals surface area (Å²) in [6.45, 7) is 5.75. The van der Waals surface area contributed by atoms with Gasteiger partial charge in [0, 0.05) is 16.6 Å². The summed E-state index contributed by atoms with van der Waals surface area (Å²) in [6.07, 6.45) is 2.28. The first kappa shape index (κ1) is 20.0. The SMILES string of the molecule is CCc1cccc(C)c1NC(=O)[C@@H](C)n1cnc2scc(-c3ccccc3)c2c1=O. The predicted octanol–water partition coefficient (Wildman–Crippen LogP) is 5.20. The molecule has 0 bridgehead atoms. The van der Waals surface area contributed by atoms with Gasteiger partial charge in [0.2, 0.25) is 5.91 Å². The lowest BCUT2D eigenvalue weighted by Gasteiger charge is -2.18. The van der Waals surface area contributed by atoms with E-state index < -0.39 is 6.04 Å². The molecule has 1 atom stereocenters. The Morgan fingerprint density at radius 1 is 1.17 bits per heavy atom. The maximum Gasteiger partial charge on any atom is 0.263 e. The van der Waals surface area contributed by atoms with E-state index in [2.05, 4.69) is 17.2 Å². The lowest BCUT2D eigenvalue weighted by atomic mass is 10.1. The second-order valence-corrected chi connectivity index (χ2v) is 8.14. The summed E-state index contributed by atoms with van der Waals surface area (Å²) in [7, 11) is 0. The van der Waals surface area contributed by atoms with E-state index in [9.17, 15) is 9.59 Å². The van der Waals surface area contributed by atoms with Gasteiger partial charge in [0.1, 0.15) is 10.9 Å². The van der Waals surface area contributed by atoms with Crippen LogP contribution in [0.4, 0.5) is 5.69 Å². The summed E-state index contributed by atoms with van der Waals surface area (Å²) in [5.41, 5.74) is 4.50. The Labute approximate surface area is 179 Å². The van der Waals surface area contributed by atoms with Crippen LogP contribution < -0.4 is 10.9 Å². The quantitative estimate of drug-likeness (QED) is 0.486. The van der Waals surface area contributed by atoms with Crippen LogP contribution in [0.5, 0.6) is 0 Å². The fourth-order valence-corrected chi connectivity index (χ4v) is 4.51. The zero-order valence-electron chi connectivity index (χ0n) is 17.2. The van der Waals surface area contributed by atoms with E-state index in [1.54, 1.807) is 6.92 Å². The van der Waals surface area contributed by atoms with Crippen molar-refractivity contribution < 1.29 is 4.79 Å². The van der Waals surface area contributed by atoms with E-state index in [0.717, 1.165) is 34.4 Å². The molecule has 5 nitrogen and oxygen atoms in total. The van der Waals surface area contributed by atoms with Crippen molar-refractivity contribution in [2.45, 2.75) is 33.2 Å². The highest BCUT2D eigenvalue weighted by atomic mass is 32.1. The fourth-order valence-electron chi connectivity index (χ4n) is 3.61. The van der Waals surface area contributed by atoms with Gasteiger partial charge in [-0.1, -0.05) is 55.5 Å². The normalized spacial score (nSPS) is 12.1. The summed E-state index contributed by atoms with van der Waals surface area (Å²) >= 11 is 1.44. The maximum atomic E-state index is 13.3. The molecule has 2 aromatic carbocycles. The van der Waals surface area contributed by atoms with Crippen LogP contribution in [-0.4, -0.2) is 15.5 Å².